The maximum Gasteiger partial charge on any atom is 0.254 e. The van der Waals surface area contributed by atoms with Crippen LogP contribution in [0.1, 0.15) is 22.3 Å². The molecule has 1 aliphatic rings. The third-order valence-electron chi connectivity index (χ3n) is 4.74. The number of hydrogen-bond acceptors (Lipinski definition) is 3. The first kappa shape index (κ1) is 14.9. The van der Waals surface area contributed by atoms with Crippen LogP contribution in [0.2, 0.25) is 0 Å². The number of pyridine rings is 1. The van der Waals surface area contributed by atoms with Crippen molar-refractivity contribution in [3.05, 3.63) is 66.1 Å². The van der Waals surface area contributed by atoms with Gasteiger partial charge in [-0.05, 0) is 48.7 Å². The normalized spacial score (nSPS) is 20.6. The number of carbonyl (C=O) groups is 1. The van der Waals surface area contributed by atoms with Crippen molar-refractivity contribution < 1.29 is 9.90 Å². The summed E-state index contributed by atoms with van der Waals surface area (Å²) in [5.74, 6) is -0.0245. The molecule has 2 N–H and O–H groups in total. The van der Waals surface area contributed by atoms with Gasteiger partial charge in [0.2, 0.25) is 0 Å². The Morgan fingerprint density at radius 2 is 2.25 bits per heavy atom. The van der Waals surface area contributed by atoms with Crippen LogP contribution >= 0.6 is 0 Å². The van der Waals surface area contributed by atoms with Crippen LogP contribution in [-0.4, -0.2) is 44.6 Å². The fourth-order valence-corrected chi connectivity index (χ4v) is 3.45. The highest BCUT2D eigenvalue weighted by Crippen LogP contribution is 2.25. The quantitative estimate of drug-likeness (QED) is 0.778. The molecule has 1 fully saturated rings. The van der Waals surface area contributed by atoms with Crippen molar-refractivity contribution in [2.75, 3.05) is 6.54 Å². The van der Waals surface area contributed by atoms with Crippen LogP contribution < -0.4 is 0 Å². The van der Waals surface area contributed by atoms with E-state index in [1.54, 1.807) is 17.3 Å². The van der Waals surface area contributed by atoms with Gasteiger partial charge in [0.25, 0.3) is 5.91 Å². The Hall–Kier alpha value is -2.66. The second kappa shape index (κ2) is 6.09. The zero-order valence-corrected chi connectivity index (χ0v) is 13.2. The zero-order chi connectivity index (χ0) is 16.5. The maximum absolute atomic E-state index is 12.9. The number of carbonyl (C=O) groups excluding carboxylic acids is 1. The van der Waals surface area contributed by atoms with Crippen molar-refractivity contribution in [2.45, 2.75) is 25.0 Å². The van der Waals surface area contributed by atoms with Crippen molar-refractivity contribution in [3.8, 4) is 0 Å². The van der Waals surface area contributed by atoms with E-state index in [9.17, 15) is 9.90 Å². The van der Waals surface area contributed by atoms with Crippen molar-refractivity contribution in [1.82, 2.24) is 14.9 Å². The number of nitrogens with one attached hydrogen (secondary N) is 1. The van der Waals surface area contributed by atoms with Crippen LogP contribution in [0, 0.1) is 0 Å². The van der Waals surface area contributed by atoms with Gasteiger partial charge in [-0.1, -0.05) is 6.07 Å². The number of aliphatic hydroxyl groups excluding tert-OH is 1. The molecule has 4 rings (SSSR count). The van der Waals surface area contributed by atoms with Crippen molar-refractivity contribution >= 4 is 16.8 Å². The van der Waals surface area contributed by atoms with Gasteiger partial charge in [-0.2, -0.15) is 0 Å². The Morgan fingerprint density at radius 3 is 3.08 bits per heavy atom. The van der Waals surface area contributed by atoms with E-state index in [4.69, 9.17) is 0 Å². The minimum absolute atomic E-state index is 0.0245. The van der Waals surface area contributed by atoms with Gasteiger partial charge in [-0.15, -0.1) is 0 Å². The van der Waals surface area contributed by atoms with E-state index < -0.39 is 6.10 Å². The number of nitrogens with zero attached hydrogens (tertiary/aromatic N) is 2. The Balaban J connectivity index is 1.59. The molecule has 3 aromatic rings. The topological polar surface area (TPSA) is 69.2 Å². The van der Waals surface area contributed by atoms with Crippen molar-refractivity contribution in [3.63, 3.8) is 0 Å². The van der Waals surface area contributed by atoms with Crippen LogP contribution in [0.5, 0.6) is 0 Å². The molecule has 2 aromatic heterocycles. The molecule has 3 heterocycles. The van der Waals surface area contributed by atoms with Gasteiger partial charge >= 0.3 is 0 Å². The van der Waals surface area contributed by atoms with Gasteiger partial charge in [0.1, 0.15) is 0 Å². The Labute approximate surface area is 139 Å². The van der Waals surface area contributed by atoms with Gasteiger partial charge in [-0.25, -0.2) is 0 Å². The number of rotatable bonds is 3. The van der Waals surface area contributed by atoms with E-state index in [1.165, 1.54) is 0 Å². The predicted molar refractivity (Wildman–Crippen MR) is 91.7 cm³/mol. The van der Waals surface area contributed by atoms with E-state index >= 15 is 0 Å². The van der Waals surface area contributed by atoms with Gasteiger partial charge in [0.15, 0.2) is 0 Å². The first-order valence-electron chi connectivity index (χ1n) is 8.17. The van der Waals surface area contributed by atoms with E-state index in [-0.39, 0.29) is 11.9 Å². The number of aromatic nitrogens is 2. The Bertz CT molecular complexity index is 859. The highest BCUT2D eigenvalue weighted by molar-refractivity contribution is 5.98. The second-order valence-electron chi connectivity index (χ2n) is 6.27. The Kier molecular flexibility index (Phi) is 3.78. The molecule has 0 radical (unpaired) electrons. The molecule has 5 nitrogen and oxygen atoms in total. The number of hydrogen-bond donors (Lipinski definition) is 2. The molecular weight excluding hydrogens is 302 g/mol. The van der Waals surface area contributed by atoms with Crippen LogP contribution in [0.25, 0.3) is 10.9 Å². The molecule has 0 spiro atoms. The summed E-state index contributed by atoms with van der Waals surface area (Å²) >= 11 is 0. The lowest BCUT2D eigenvalue weighted by atomic mass is 10.0. The standard InChI is InChI=1S/C19H19N3O2/c23-18-6-9-22(17(18)10-13-2-1-7-20-12-13)19(24)15-3-4-16-14(11-15)5-8-21-16/h1-5,7-8,11-12,17-18,21,23H,6,9-10H2/t17-,18-/m0/s1. The Morgan fingerprint density at radius 1 is 1.33 bits per heavy atom. The van der Waals surface area contributed by atoms with E-state index in [2.05, 4.69) is 9.97 Å². The van der Waals surface area contributed by atoms with Gasteiger partial charge < -0.3 is 15.0 Å². The summed E-state index contributed by atoms with van der Waals surface area (Å²) in [6.07, 6.45) is 6.12. The minimum atomic E-state index is -0.495. The highest BCUT2D eigenvalue weighted by Gasteiger charge is 2.36. The summed E-state index contributed by atoms with van der Waals surface area (Å²) in [5.41, 5.74) is 2.70. The average Bonchev–Trinajstić information content (AvgIpc) is 3.22. The van der Waals surface area contributed by atoms with Gasteiger partial charge in [-0.3, -0.25) is 9.78 Å². The number of amides is 1. The number of fused-ring (bicyclic) bond motifs is 1. The molecule has 0 saturated carbocycles. The molecular formula is C19H19N3O2. The smallest absolute Gasteiger partial charge is 0.254 e. The van der Waals surface area contributed by atoms with Gasteiger partial charge in [0, 0.05) is 41.6 Å². The molecule has 1 aromatic carbocycles. The van der Waals surface area contributed by atoms with Crippen molar-refractivity contribution in [1.29, 1.82) is 0 Å². The summed E-state index contributed by atoms with van der Waals surface area (Å²) < 4.78 is 0. The molecule has 1 aliphatic heterocycles. The number of benzene rings is 1. The summed E-state index contributed by atoms with van der Waals surface area (Å²) in [7, 11) is 0. The molecule has 2 atom stereocenters. The molecule has 122 valence electrons. The number of likely N-dealkylation sites (tertiary alicyclic amines) is 1. The molecule has 0 aliphatic carbocycles. The van der Waals surface area contributed by atoms with Crippen LogP contribution in [0.3, 0.4) is 0 Å². The lowest BCUT2D eigenvalue weighted by Crippen LogP contribution is -2.41. The van der Waals surface area contributed by atoms with Crippen LogP contribution in [-0.2, 0) is 6.42 Å². The fourth-order valence-electron chi connectivity index (χ4n) is 3.45. The first-order valence-corrected chi connectivity index (χ1v) is 8.17. The average molecular weight is 321 g/mol. The van der Waals surface area contributed by atoms with Crippen molar-refractivity contribution in [2.24, 2.45) is 0 Å². The summed E-state index contributed by atoms with van der Waals surface area (Å²) in [6.45, 7) is 0.579. The fraction of sp³-hybridized carbons (Fsp3) is 0.263. The SMILES string of the molecule is O=C(c1ccc2[nH]ccc2c1)N1CC[C@H](O)[C@@H]1Cc1cccnc1. The monoisotopic (exact) mass is 321 g/mol. The summed E-state index contributed by atoms with van der Waals surface area (Å²) in [6, 6.07) is 11.3. The van der Waals surface area contributed by atoms with Gasteiger partial charge in [0.05, 0.1) is 12.1 Å². The highest BCUT2D eigenvalue weighted by atomic mass is 16.3. The number of H-pyrrole nitrogens is 1. The number of aromatic amines is 1. The first-order chi connectivity index (χ1) is 11.7. The third kappa shape index (κ3) is 2.67. The largest absolute Gasteiger partial charge is 0.391 e. The van der Waals surface area contributed by atoms with Crippen LogP contribution in [0.15, 0.2) is 55.0 Å². The summed E-state index contributed by atoms with van der Waals surface area (Å²) in [4.78, 5) is 22.0. The second-order valence-corrected chi connectivity index (χ2v) is 6.27. The van der Waals surface area contributed by atoms with E-state index in [0.29, 0.717) is 24.9 Å². The zero-order valence-electron chi connectivity index (χ0n) is 13.2. The molecule has 0 bridgehead atoms. The predicted octanol–water partition coefficient (Wildman–Crippen LogP) is 2.38. The third-order valence-corrected chi connectivity index (χ3v) is 4.74. The van der Waals surface area contributed by atoms with E-state index in [1.807, 2.05) is 42.6 Å². The van der Waals surface area contributed by atoms with Crippen LogP contribution in [0.4, 0.5) is 0 Å². The number of aliphatic hydroxyl groups is 1. The molecule has 1 saturated heterocycles. The summed E-state index contributed by atoms with van der Waals surface area (Å²) in [5, 5.41) is 11.4. The molecule has 1 amide bonds. The molecule has 0 unspecified atom stereocenters. The van der Waals surface area contributed by atoms with E-state index in [0.717, 1.165) is 16.5 Å². The maximum atomic E-state index is 12.9. The minimum Gasteiger partial charge on any atom is -0.391 e. The lowest BCUT2D eigenvalue weighted by Gasteiger charge is -2.26. The molecule has 24 heavy (non-hydrogen) atoms. The molecule has 5 heteroatoms. The lowest BCUT2D eigenvalue weighted by molar-refractivity contribution is 0.0640.